The first-order valence-corrected chi connectivity index (χ1v) is 9.31. The number of aryl methyl sites for hydroxylation is 3. The van der Waals surface area contributed by atoms with E-state index in [0.717, 1.165) is 15.3 Å². The lowest BCUT2D eigenvalue weighted by Crippen LogP contribution is -2.42. The van der Waals surface area contributed by atoms with Gasteiger partial charge in [-0.3, -0.25) is 4.68 Å². The van der Waals surface area contributed by atoms with Gasteiger partial charge in [0.25, 0.3) is 0 Å². The summed E-state index contributed by atoms with van der Waals surface area (Å²) in [6.45, 7) is 4.87. The summed E-state index contributed by atoms with van der Waals surface area (Å²) in [6.07, 6.45) is 3.32. The van der Waals surface area contributed by atoms with E-state index in [1.807, 2.05) is 27.1 Å². The molecule has 0 unspecified atom stereocenters. The summed E-state index contributed by atoms with van der Waals surface area (Å²) in [6, 6.07) is 1.75. The standard InChI is InChI=1S/C14H19N3O3S2/c1-10-6-14(11(2)21-10)22(18,19)17-4-5-20-13(9-17)12-7-15-16(3)8-12/h6-8,13H,4-5,9H2,1-3H3/t13-/m1/s1. The smallest absolute Gasteiger partial charge is 0.244 e. The van der Waals surface area contributed by atoms with Crippen LogP contribution in [0.25, 0.3) is 0 Å². The minimum absolute atomic E-state index is 0.266. The van der Waals surface area contributed by atoms with Crippen LogP contribution < -0.4 is 0 Å². The highest BCUT2D eigenvalue weighted by Gasteiger charge is 2.33. The average molecular weight is 341 g/mol. The molecule has 6 nitrogen and oxygen atoms in total. The predicted molar refractivity (Wildman–Crippen MR) is 84.5 cm³/mol. The van der Waals surface area contributed by atoms with Crippen LogP contribution in [0.4, 0.5) is 0 Å². The lowest BCUT2D eigenvalue weighted by Gasteiger charge is -2.31. The van der Waals surface area contributed by atoms with Crippen LogP contribution in [0.2, 0.25) is 0 Å². The molecule has 3 heterocycles. The van der Waals surface area contributed by atoms with Gasteiger partial charge in [0, 0.05) is 41.7 Å². The first kappa shape index (κ1) is 15.7. The Kier molecular flexibility index (Phi) is 4.11. The fourth-order valence-corrected chi connectivity index (χ4v) is 5.60. The predicted octanol–water partition coefficient (Wildman–Crippen LogP) is 1.86. The van der Waals surface area contributed by atoms with Gasteiger partial charge in [-0.1, -0.05) is 0 Å². The molecule has 1 saturated heterocycles. The zero-order valence-electron chi connectivity index (χ0n) is 12.8. The van der Waals surface area contributed by atoms with Crippen LogP contribution >= 0.6 is 11.3 Å². The molecule has 0 saturated carbocycles. The van der Waals surface area contributed by atoms with Crippen molar-refractivity contribution in [3.8, 4) is 0 Å². The SMILES string of the molecule is Cc1cc(S(=O)(=O)N2CCO[C@@H](c3cnn(C)c3)C2)c(C)s1. The van der Waals surface area contributed by atoms with E-state index in [-0.39, 0.29) is 6.10 Å². The van der Waals surface area contributed by atoms with E-state index in [4.69, 9.17) is 4.74 Å². The summed E-state index contributed by atoms with van der Waals surface area (Å²) in [7, 11) is -1.64. The maximum absolute atomic E-state index is 12.9. The van der Waals surface area contributed by atoms with E-state index in [0.29, 0.717) is 24.6 Å². The lowest BCUT2D eigenvalue weighted by molar-refractivity contribution is -0.00259. The van der Waals surface area contributed by atoms with E-state index in [9.17, 15) is 8.42 Å². The topological polar surface area (TPSA) is 64.4 Å². The van der Waals surface area contributed by atoms with E-state index in [1.54, 1.807) is 16.9 Å². The largest absolute Gasteiger partial charge is 0.371 e. The molecule has 0 radical (unpaired) electrons. The maximum atomic E-state index is 12.9. The Hall–Kier alpha value is -1.22. The first-order valence-electron chi connectivity index (χ1n) is 7.05. The summed E-state index contributed by atoms with van der Waals surface area (Å²) >= 11 is 1.51. The summed E-state index contributed by atoms with van der Waals surface area (Å²) in [5.74, 6) is 0. The normalized spacial score (nSPS) is 20.4. The number of aromatic nitrogens is 2. The van der Waals surface area contributed by atoms with Crippen molar-refractivity contribution in [2.75, 3.05) is 19.7 Å². The average Bonchev–Trinajstić information content (AvgIpc) is 3.05. The number of hydrogen-bond acceptors (Lipinski definition) is 5. The minimum atomic E-state index is -3.47. The number of ether oxygens (including phenoxy) is 1. The highest BCUT2D eigenvalue weighted by atomic mass is 32.2. The third kappa shape index (κ3) is 2.83. The fraction of sp³-hybridized carbons (Fsp3) is 0.500. The van der Waals surface area contributed by atoms with Crippen molar-refractivity contribution in [3.63, 3.8) is 0 Å². The lowest BCUT2D eigenvalue weighted by atomic mass is 10.2. The van der Waals surface area contributed by atoms with Crippen molar-refractivity contribution in [2.24, 2.45) is 7.05 Å². The molecule has 0 spiro atoms. The minimum Gasteiger partial charge on any atom is -0.371 e. The highest BCUT2D eigenvalue weighted by Crippen LogP contribution is 2.31. The van der Waals surface area contributed by atoms with E-state index >= 15 is 0 Å². The van der Waals surface area contributed by atoms with Crippen molar-refractivity contribution < 1.29 is 13.2 Å². The van der Waals surface area contributed by atoms with Crippen molar-refractivity contribution in [2.45, 2.75) is 24.8 Å². The summed E-state index contributed by atoms with van der Waals surface area (Å²) in [5.41, 5.74) is 0.903. The first-order chi connectivity index (χ1) is 10.4. The number of rotatable bonds is 3. The van der Waals surface area contributed by atoms with Gasteiger partial charge in [0.05, 0.1) is 23.8 Å². The quantitative estimate of drug-likeness (QED) is 0.855. The zero-order valence-corrected chi connectivity index (χ0v) is 14.4. The van der Waals surface area contributed by atoms with Crippen molar-refractivity contribution in [1.29, 1.82) is 0 Å². The Morgan fingerprint density at radius 2 is 2.18 bits per heavy atom. The number of nitrogens with zero attached hydrogens (tertiary/aromatic N) is 3. The molecule has 120 valence electrons. The van der Waals surface area contributed by atoms with Crippen molar-refractivity contribution in [1.82, 2.24) is 14.1 Å². The second-order valence-electron chi connectivity index (χ2n) is 5.45. The molecular formula is C14H19N3O3S2. The molecule has 3 rings (SSSR count). The molecular weight excluding hydrogens is 322 g/mol. The molecule has 0 aromatic carbocycles. The van der Waals surface area contributed by atoms with Gasteiger partial charge in [-0.2, -0.15) is 9.40 Å². The molecule has 0 amide bonds. The van der Waals surface area contributed by atoms with Crippen LogP contribution in [0.5, 0.6) is 0 Å². The Morgan fingerprint density at radius 3 is 2.77 bits per heavy atom. The Bertz CT molecular complexity index is 779. The second-order valence-corrected chi connectivity index (χ2v) is 8.81. The molecule has 0 bridgehead atoms. The van der Waals surface area contributed by atoms with Crippen LogP contribution in [0.1, 0.15) is 21.4 Å². The van der Waals surface area contributed by atoms with Gasteiger partial charge in [-0.15, -0.1) is 11.3 Å². The van der Waals surface area contributed by atoms with Gasteiger partial charge in [0.1, 0.15) is 0 Å². The van der Waals surface area contributed by atoms with Gasteiger partial charge in [-0.05, 0) is 19.9 Å². The molecule has 0 N–H and O–H groups in total. The molecule has 22 heavy (non-hydrogen) atoms. The maximum Gasteiger partial charge on any atom is 0.244 e. The summed E-state index contributed by atoms with van der Waals surface area (Å²) in [5, 5.41) is 4.13. The van der Waals surface area contributed by atoms with Crippen LogP contribution in [-0.4, -0.2) is 42.2 Å². The molecule has 1 fully saturated rings. The Labute approximate surface area is 134 Å². The van der Waals surface area contributed by atoms with Crippen molar-refractivity contribution in [3.05, 3.63) is 33.8 Å². The van der Waals surface area contributed by atoms with Gasteiger partial charge in [0.2, 0.25) is 10.0 Å². The fourth-order valence-electron chi connectivity index (χ4n) is 2.65. The summed E-state index contributed by atoms with van der Waals surface area (Å²) in [4.78, 5) is 2.26. The van der Waals surface area contributed by atoms with E-state index in [2.05, 4.69) is 5.10 Å². The van der Waals surface area contributed by atoms with E-state index in [1.165, 1.54) is 15.6 Å². The Morgan fingerprint density at radius 1 is 1.41 bits per heavy atom. The number of thiophene rings is 1. The monoisotopic (exact) mass is 341 g/mol. The zero-order chi connectivity index (χ0) is 15.9. The van der Waals surface area contributed by atoms with Crippen molar-refractivity contribution >= 4 is 21.4 Å². The molecule has 0 aliphatic carbocycles. The molecule has 1 aliphatic rings. The summed E-state index contributed by atoms with van der Waals surface area (Å²) < 4.78 is 34.6. The number of hydrogen-bond donors (Lipinski definition) is 0. The molecule has 8 heteroatoms. The second kappa shape index (κ2) is 5.77. The van der Waals surface area contributed by atoms with Crippen LogP contribution in [0, 0.1) is 13.8 Å². The molecule has 2 aromatic heterocycles. The van der Waals surface area contributed by atoms with Crippen LogP contribution in [-0.2, 0) is 21.8 Å². The number of sulfonamides is 1. The molecule has 2 aromatic rings. The van der Waals surface area contributed by atoms with Gasteiger partial charge in [-0.25, -0.2) is 8.42 Å². The highest BCUT2D eigenvalue weighted by molar-refractivity contribution is 7.89. The third-order valence-corrected chi connectivity index (χ3v) is 6.83. The number of morpholine rings is 1. The van der Waals surface area contributed by atoms with Crippen LogP contribution in [0.15, 0.2) is 23.4 Å². The third-order valence-electron chi connectivity index (χ3n) is 3.74. The van der Waals surface area contributed by atoms with E-state index < -0.39 is 10.0 Å². The Balaban J connectivity index is 1.86. The van der Waals surface area contributed by atoms with Gasteiger partial charge in [0.15, 0.2) is 0 Å². The molecule has 1 aliphatic heterocycles. The van der Waals surface area contributed by atoms with Gasteiger partial charge < -0.3 is 4.74 Å². The molecule has 1 atom stereocenters. The van der Waals surface area contributed by atoms with Gasteiger partial charge >= 0.3 is 0 Å². The van der Waals surface area contributed by atoms with Crippen LogP contribution in [0.3, 0.4) is 0 Å².